The molecule has 0 aromatic carbocycles. The third-order valence-electron chi connectivity index (χ3n) is 10.9. The van der Waals surface area contributed by atoms with Crippen LogP contribution in [0.25, 0.3) is 0 Å². The SMILES string of the molecule is N#Cc1c(N2CC3CCC(C2)N3)nc(OCC2(CN3CCC(F)(F)CC3)CC2)nc1N1CC2(CCc3sc(N)c(C#N)c32)C1. The van der Waals surface area contributed by atoms with Gasteiger partial charge in [-0.05, 0) is 44.1 Å². The number of thiophene rings is 1. The van der Waals surface area contributed by atoms with Gasteiger partial charge in [0.25, 0.3) is 5.92 Å². The molecule has 4 saturated heterocycles. The first-order chi connectivity index (χ1) is 21.2. The summed E-state index contributed by atoms with van der Waals surface area (Å²) in [5, 5.41) is 24.6. The monoisotopic (exact) mass is 621 g/mol. The molecule has 1 spiro atoms. The summed E-state index contributed by atoms with van der Waals surface area (Å²) in [6, 6.07) is 5.77. The molecule has 4 aliphatic heterocycles. The van der Waals surface area contributed by atoms with Crippen LogP contribution in [0.3, 0.4) is 0 Å². The van der Waals surface area contributed by atoms with E-state index in [0.29, 0.717) is 72.6 Å². The van der Waals surface area contributed by atoms with Gasteiger partial charge in [0.2, 0.25) is 0 Å². The second-order valence-corrected chi connectivity index (χ2v) is 15.1. The fourth-order valence-corrected chi connectivity index (χ4v) is 9.38. The minimum atomic E-state index is -2.56. The molecule has 8 rings (SSSR count). The number of nitrogens with one attached hydrogen (secondary N) is 1. The lowest BCUT2D eigenvalue weighted by Gasteiger charge is -2.49. The van der Waals surface area contributed by atoms with Crippen molar-refractivity contribution in [3.8, 4) is 18.1 Å². The molecule has 232 valence electrons. The normalized spacial score (nSPS) is 27.5. The predicted octanol–water partition coefficient (Wildman–Crippen LogP) is 3.40. The number of fused-ring (bicyclic) bond motifs is 4. The first kappa shape index (κ1) is 28.2. The fraction of sp³-hybridized carbons (Fsp3) is 0.677. The smallest absolute Gasteiger partial charge is 0.320 e. The van der Waals surface area contributed by atoms with Crippen molar-refractivity contribution in [1.29, 1.82) is 10.5 Å². The summed E-state index contributed by atoms with van der Waals surface area (Å²) in [6.07, 6.45) is 5.87. The van der Waals surface area contributed by atoms with E-state index in [9.17, 15) is 19.3 Å². The molecular weight excluding hydrogens is 584 g/mol. The van der Waals surface area contributed by atoms with Crippen LogP contribution in [-0.4, -0.2) is 85.3 Å². The van der Waals surface area contributed by atoms with Gasteiger partial charge in [-0.1, -0.05) is 0 Å². The first-order valence-corrected chi connectivity index (χ1v) is 16.6. The van der Waals surface area contributed by atoms with Crippen molar-refractivity contribution in [2.24, 2.45) is 5.41 Å². The van der Waals surface area contributed by atoms with Crippen LogP contribution in [0.2, 0.25) is 0 Å². The number of alkyl halides is 2. The van der Waals surface area contributed by atoms with E-state index in [2.05, 4.69) is 32.2 Å². The molecule has 0 amide bonds. The number of hydrogen-bond donors (Lipinski definition) is 2. The lowest BCUT2D eigenvalue weighted by atomic mass is 9.74. The number of piperidine rings is 1. The van der Waals surface area contributed by atoms with Gasteiger partial charge in [-0.2, -0.15) is 20.5 Å². The molecular formula is C31H37F2N9OS. The summed E-state index contributed by atoms with van der Waals surface area (Å²) >= 11 is 1.53. The Balaban J connectivity index is 1.06. The van der Waals surface area contributed by atoms with Gasteiger partial charge in [-0.3, -0.25) is 0 Å². The van der Waals surface area contributed by atoms with E-state index >= 15 is 0 Å². The van der Waals surface area contributed by atoms with E-state index in [4.69, 9.17) is 20.4 Å². The van der Waals surface area contributed by atoms with Gasteiger partial charge in [0, 0.05) is 86.4 Å². The Morgan fingerprint density at radius 3 is 2.25 bits per heavy atom. The highest BCUT2D eigenvalue weighted by molar-refractivity contribution is 7.16. The van der Waals surface area contributed by atoms with Crippen molar-refractivity contribution < 1.29 is 13.5 Å². The van der Waals surface area contributed by atoms with Crippen LogP contribution in [-0.2, 0) is 11.8 Å². The quantitative estimate of drug-likeness (QED) is 0.475. The summed E-state index contributed by atoms with van der Waals surface area (Å²) in [7, 11) is 0. The van der Waals surface area contributed by atoms with E-state index in [1.54, 1.807) is 0 Å². The number of nitriles is 2. The molecule has 5 fully saturated rings. The molecule has 0 radical (unpaired) electrons. The molecule has 2 bridgehead atoms. The average Bonchev–Trinajstić information content (AvgIpc) is 3.37. The topological polar surface area (TPSA) is 130 Å². The summed E-state index contributed by atoms with van der Waals surface area (Å²) in [5.41, 5.74) is 8.13. The van der Waals surface area contributed by atoms with Crippen LogP contribution in [0, 0.1) is 28.1 Å². The van der Waals surface area contributed by atoms with E-state index in [1.807, 2.05) is 0 Å². The Morgan fingerprint density at radius 1 is 0.955 bits per heavy atom. The molecule has 6 aliphatic rings. The summed E-state index contributed by atoms with van der Waals surface area (Å²) in [4.78, 5) is 17.4. The van der Waals surface area contributed by atoms with Crippen molar-refractivity contribution in [3.05, 3.63) is 21.6 Å². The van der Waals surface area contributed by atoms with E-state index in [0.717, 1.165) is 63.7 Å². The Morgan fingerprint density at radius 2 is 1.61 bits per heavy atom. The molecule has 6 heterocycles. The second kappa shape index (κ2) is 10.1. The Hall–Kier alpha value is -3.26. The van der Waals surface area contributed by atoms with Crippen LogP contribution < -0.4 is 25.6 Å². The number of anilines is 3. The molecule has 44 heavy (non-hydrogen) atoms. The van der Waals surface area contributed by atoms with Gasteiger partial charge in [-0.15, -0.1) is 11.3 Å². The number of nitrogens with zero attached hydrogens (tertiary/aromatic N) is 7. The second-order valence-electron chi connectivity index (χ2n) is 14.0. The van der Waals surface area contributed by atoms with Crippen LogP contribution in [0.15, 0.2) is 0 Å². The van der Waals surface area contributed by atoms with Gasteiger partial charge in [0.15, 0.2) is 11.6 Å². The summed E-state index contributed by atoms with van der Waals surface area (Å²) in [6.45, 7) is 4.84. The maximum atomic E-state index is 13.7. The molecule has 1 saturated carbocycles. The van der Waals surface area contributed by atoms with Crippen LogP contribution in [0.1, 0.15) is 66.5 Å². The Bertz CT molecular complexity index is 1550. The number of aromatic nitrogens is 2. The summed E-state index contributed by atoms with van der Waals surface area (Å²) < 4.78 is 33.8. The first-order valence-electron chi connectivity index (χ1n) is 15.8. The molecule has 2 unspecified atom stereocenters. The lowest BCUT2D eigenvalue weighted by molar-refractivity contribution is -0.0591. The molecule has 10 nitrogen and oxygen atoms in total. The van der Waals surface area contributed by atoms with E-state index < -0.39 is 5.92 Å². The standard InChI is InChI=1S/C31H37F2N9OS/c32-31(33)7-9-40(10-8-31)15-29(5-6-29)18-43-28-38-26(41-13-19-1-2-20(14-41)37-19)22(12-35)27(39-28)42-16-30(17-42)4-3-23-24(30)21(11-34)25(36)44-23/h19-20,37H,1-10,13-18,36H2. The van der Waals surface area contributed by atoms with Gasteiger partial charge in [0.1, 0.15) is 22.7 Å². The zero-order valence-electron chi connectivity index (χ0n) is 24.7. The molecule has 2 aromatic rings. The number of rotatable bonds is 7. The Kier molecular flexibility index (Phi) is 6.50. The van der Waals surface area contributed by atoms with Gasteiger partial charge >= 0.3 is 6.01 Å². The van der Waals surface area contributed by atoms with Crippen molar-refractivity contribution in [3.63, 3.8) is 0 Å². The maximum Gasteiger partial charge on any atom is 0.320 e. The minimum absolute atomic E-state index is 0.0774. The highest BCUT2D eigenvalue weighted by Crippen LogP contribution is 2.53. The van der Waals surface area contributed by atoms with Gasteiger partial charge in [-0.25, -0.2) is 8.78 Å². The van der Waals surface area contributed by atoms with E-state index in [1.165, 1.54) is 16.2 Å². The highest BCUT2D eigenvalue weighted by Gasteiger charge is 2.53. The number of nitrogens with two attached hydrogens (primary N) is 1. The van der Waals surface area contributed by atoms with Crippen LogP contribution in [0.5, 0.6) is 6.01 Å². The lowest BCUT2D eigenvalue weighted by Crippen LogP contribution is -2.59. The number of piperazine rings is 1. The van der Waals surface area contributed by atoms with Gasteiger partial charge < -0.3 is 30.5 Å². The fourth-order valence-electron chi connectivity index (χ4n) is 8.24. The minimum Gasteiger partial charge on any atom is -0.463 e. The summed E-state index contributed by atoms with van der Waals surface area (Å²) in [5.74, 6) is -1.35. The average molecular weight is 622 g/mol. The Labute approximate surface area is 259 Å². The number of likely N-dealkylation sites (tertiary alicyclic amines) is 1. The van der Waals surface area contributed by atoms with Crippen molar-refractivity contribution in [2.45, 2.75) is 74.8 Å². The molecule has 3 N–H and O–H groups in total. The maximum absolute atomic E-state index is 13.7. The van der Waals surface area contributed by atoms with Crippen molar-refractivity contribution >= 4 is 28.0 Å². The third kappa shape index (κ3) is 4.75. The van der Waals surface area contributed by atoms with Gasteiger partial charge in [0.05, 0.1) is 12.2 Å². The van der Waals surface area contributed by atoms with Crippen molar-refractivity contribution in [1.82, 2.24) is 20.2 Å². The molecule has 2 aliphatic carbocycles. The molecule has 2 atom stereocenters. The third-order valence-corrected chi connectivity index (χ3v) is 11.9. The largest absolute Gasteiger partial charge is 0.463 e. The highest BCUT2D eigenvalue weighted by atomic mass is 32.1. The zero-order valence-corrected chi connectivity index (χ0v) is 25.6. The number of hydrogen-bond acceptors (Lipinski definition) is 11. The number of halogens is 2. The number of ether oxygens (including phenoxy) is 1. The van der Waals surface area contributed by atoms with Crippen LogP contribution >= 0.6 is 11.3 Å². The van der Waals surface area contributed by atoms with E-state index in [-0.39, 0.29) is 29.7 Å². The molecule has 2 aromatic heterocycles. The van der Waals surface area contributed by atoms with Crippen molar-refractivity contribution in [2.75, 3.05) is 68.0 Å². The molecule has 13 heteroatoms. The number of nitrogen functional groups attached to an aromatic ring is 1. The predicted molar refractivity (Wildman–Crippen MR) is 162 cm³/mol. The number of aryl methyl sites for hydroxylation is 1. The van der Waals surface area contributed by atoms with Crippen LogP contribution in [0.4, 0.5) is 25.4 Å². The zero-order chi connectivity index (χ0) is 30.3.